The van der Waals surface area contributed by atoms with E-state index in [1.807, 2.05) is 6.26 Å². The number of nitrogens with one attached hydrogen (secondary N) is 2. The molecule has 2 amide bonds. The number of halogens is 1. The Morgan fingerprint density at radius 3 is 2.41 bits per heavy atom. The van der Waals surface area contributed by atoms with Gasteiger partial charge in [-0.2, -0.15) is 11.8 Å². The third-order valence-corrected chi connectivity index (χ3v) is 5.58. The van der Waals surface area contributed by atoms with E-state index in [4.69, 9.17) is 0 Å². The molecular weight excluding hydrogens is 502 g/mol. The average molecular weight is 522 g/mol. The molecule has 0 spiro atoms. The van der Waals surface area contributed by atoms with Crippen LogP contribution in [0, 0.1) is 10.1 Å². The minimum absolute atomic E-state index is 0.131. The number of rotatable bonds is 10. The van der Waals surface area contributed by atoms with Gasteiger partial charge in [0.05, 0.1) is 10.5 Å². The van der Waals surface area contributed by atoms with Crippen molar-refractivity contribution in [1.82, 2.24) is 10.6 Å². The second-order valence-electron chi connectivity index (χ2n) is 6.49. The van der Waals surface area contributed by atoms with Gasteiger partial charge in [0.15, 0.2) is 0 Å². The Labute approximate surface area is 196 Å². The van der Waals surface area contributed by atoms with Gasteiger partial charge >= 0.3 is 5.97 Å². The van der Waals surface area contributed by atoms with Gasteiger partial charge in [-0.05, 0) is 70.3 Å². The highest BCUT2D eigenvalue weighted by Crippen LogP contribution is 2.17. The van der Waals surface area contributed by atoms with Crippen LogP contribution in [0.25, 0.3) is 6.08 Å². The van der Waals surface area contributed by atoms with Crippen molar-refractivity contribution < 1.29 is 24.4 Å². The van der Waals surface area contributed by atoms with Crippen LogP contribution in [0.4, 0.5) is 5.69 Å². The average Bonchev–Trinajstić information content (AvgIpc) is 2.76. The Balaban J connectivity index is 2.35. The van der Waals surface area contributed by atoms with E-state index in [-0.39, 0.29) is 23.4 Å². The van der Waals surface area contributed by atoms with Crippen molar-refractivity contribution in [3.63, 3.8) is 0 Å². The van der Waals surface area contributed by atoms with Crippen molar-refractivity contribution in [1.29, 1.82) is 0 Å². The summed E-state index contributed by atoms with van der Waals surface area (Å²) < 4.78 is 0.510. The molecular formula is C21H20BrN3O6S. The molecule has 0 aliphatic carbocycles. The van der Waals surface area contributed by atoms with Gasteiger partial charge in [-0.25, -0.2) is 4.79 Å². The fourth-order valence-electron chi connectivity index (χ4n) is 2.58. The first-order chi connectivity index (χ1) is 15.2. The maximum atomic E-state index is 12.9. The predicted molar refractivity (Wildman–Crippen MR) is 125 cm³/mol. The molecule has 0 saturated heterocycles. The lowest BCUT2D eigenvalue weighted by molar-refractivity contribution is -0.384. The second kappa shape index (κ2) is 12.0. The quantitative estimate of drug-likeness (QED) is 0.247. The SMILES string of the molecule is CSCCC(NC(=O)/C(=C/c1ccc([N+](=O)[O-])cc1)NC(=O)c1ccccc1Br)C(=O)O. The van der Waals surface area contributed by atoms with Crippen molar-refractivity contribution in [2.75, 3.05) is 12.0 Å². The van der Waals surface area contributed by atoms with Crippen LogP contribution in [0.5, 0.6) is 0 Å². The molecule has 0 radical (unpaired) electrons. The molecule has 2 rings (SSSR count). The first-order valence-corrected chi connectivity index (χ1v) is 11.5. The molecule has 0 saturated carbocycles. The van der Waals surface area contributed by atoms with Gasteiger partial charge in [0, 0.05) is 16.6 Å². The van der Waals surface area contributed by atoms with Gasteiger partial charge in [0.1, 0.15) is 11.7 Å². The molecule has 0 heterocycles. The van der Waals surface area contributed by atoms with Crippen LogP contribution in [0.15, 0.2) is 58.7 Å². The number of carbonyl (C=O) groups excluding carboxylic acids is 2. The summed E-state index contributed by atoms with van der Waals surface area (Å²) in [5, 5.41) is 25.2. The monoisotopic (exact) mass is 521 g/mol. The van der Waals surface area contributed by atoms with Crippen LogP contribution < -0.4 is 10.6 Å². The largest absolute Gasteiger partial charge is 0.480 e. The fraction of sp³-hybridized carbons (Fsp3) is 0.190. The zero-order chi connectivity index (χ0) is 23.7. The number of aliphatic carboxylic acids is 1. The number of carboxylic acid groups (broad SMARTS) is 1. The molecule has 3 N–H and O–H groups in total. The van der Waals surface area contributed by atoms with Crippen LogP contribution in [0.1, 0.15) is 22.3 Å². The molecule has 1 unspecified atom stereocenters. The second-order valence-corrected chi connectivity index (χ2v) is 8.33. The first kappa shape index (κ1) is 25.1. The Kier molecular flexibility index (Phi) is 9.41. The molecule has 168 valence electrons. The Bertz CT molecular complexity index is 1040. The molecule has 0 fully saturated rings. The van der Waals surface area contributed by atoms with Gasteiger partial charge in [0.25, 0.3) is 17.5 Å². The highest BCUT2D eigenvalue weighted by molar-refractivity contribution is 9.10. The van der Waals surface area contributed by atoms with Gasteiger partial charge in [-0.15, -0.1) is 0 Å². The molecule has 11 heteroatoms. The van der Waals surface area contributed by atoms with E-state index in [1.54, 1.807) is 24.3 Å². The number of carboxylic acids is 1. The van der Waals surface area contributed by atoms with Crippen molar-refractivity contribution in [2.24, 2.45) is 0 Å². The Morgan fingerprint density at radius 2 is 1.84 bits per heavy atom. The van der Waals surface area contributed by atoms with Crippen LogP contribution in [0.3, 0.4) is 0 Å². The third-order valence-electron chi connectivity index (χ3n) is 4.24. The summed E-state index contributed by atoms with van der Waals surface area (Å²) in [4.78, 5) is 47.4. The van der Waals surface area contributed by atoms with E-state index in [0.29, 0.717) is 15.8 Å². The number of non-ortho nitro benzene ring substituents is 1. The molecule has 2 aromatic carbocycles. The number of nitro groups is 1. The highest BCUT2D eigenvalue weighted by Gasteiger charge is 2.23. The van der Waals surface area contributed by atoms with Crippen LogP contribution in [0.2, 0.25) is 0 Å². The van der Waals surface area contributed by atoms with Gasteiger partial charge in [0.2, 0.25) is 0 Å². The molecule has 0 aromatic heterocycles. The minimum Gasteiger partial charge on any atom is -0.480 e. The van der Waals surface area contributed by atoms with E-state index < -0.39 is 28.7 Å². The number of hydrogen-bond acceptors (Lipinski definition) is 6. The summed E-state index contributed by atoms with van der Waals surface area (Å²) >= 11 is 4.71. The van der Waals surface area contributed by atoms with Gasteiger partial charge in [-0.3, -0.25) is 19.7 Å². The predicted octanol–water partition coefficient (Wildman–Crippen LogP) is 3.45. The fourth-order valence-corrected chi connectivity index (χ4v) is 3.52. The third kappa shape index (κ3) is 7.20. The van der Waals surface area contributed by atoms with E-state index >= 15 is 0 Å². The summed E-state index contributed by atoms with van der Waals surface area (Å²) in [5.74, 6) is -2.06. The van der Waals surface area contributed by atoms with Crippen LogP contribution >= 0.6 is 27.7 Å². The van der Waals surface area contributed by atoms with Crippen molar-refractivity contribution in [3.05, 3.63) is 79.9 Å². The topological polar surface area (TPSA) is 139 Å². The standard InChI is InChI=1S/C21H20BrN3O6S/c1-32-11-10-17(21(28)29)23-20(27)18(12-13-6-8-14(9-7-13)25(30)31)24-19(26)15-4-2-3-5-16(15)22/h2-9,12,17H,10-11H2,1H3,(H,23,27)(H,24,26)(H,28,29)/b18-12-. The summed E-state index contributed by atoms with van der Waals surface area (Å²) in [6, 6.07) is 10.8. The maximum Gasteiger partial charge on any atom is 0.326 e. The van der Waals surface area contributed by atoms with Crippen molar-refractivity contribution in [3.8, 4) is 0 Å². The molecule has 9 nitrogen and oxygen atoms in total. The number of thioether (sulfide) groups is 1. The first-order valence-electron chi connectivity index (χ1n) is 9.27. The van der Waals surface area contributed by atoms with Gasteiger partial charge < -0.3 is 15.7 Å². The molecule has 2 aromatic rings. The van der Waals surface area contributed by atoms with Crippen molar-refractivity contribution in [2.45, 2.75) is 12.5 Å². The Hall–Kier alpha value is -3.18. The van der Waals surface area contributed by atoms with E-state index in [9.17, 15) is 29.6 Å². The number of benzene rings is 2. The molecule has 0 aliphatic rings. The van der Waals surface area contributed by atoms with Crippen LogP contribution in [-0.4, -0.2) is 45.9 Å². The number of carbonyl (C=O) groups is 3. The Morgan fingerprint density at radius 1 is 1.19 bits per heavy atom. The van der Waals surface area contributed by atoms with E-state index in [2.05, 4.69) is 26.6 Å². The molecule has 1 atom stereocenters. The van der Waals surface area contributed by atoms with E-state index in [0.717, 1.165) is 0 Å². The lowest BCUT2D eigenvalue weighted by Gasteiger charge is -2.16. The summed E-state index contributed by atoms with van der Waals surface area (Å²) in [6.07, 6.45) is 3.34. The van der Waals surface area contributed by atoms with Gasteiger partial charge in [-0.1, -0.05) is 12.1 Å². The highest BCUT2D eigenvalue weighted by atomic mass is 79.9. The van der Waals surface area contributed by atoms with E-state index in [1.165, 1.54) is 42.1 Å². The summed E-state index contributed by atoms with van der Waals surface area (Å²) in [7, 11) is 0. The minimum atomic E-state index is -1.20. The smallest absolute Gasteiger partial charge is 0.326 e. The number of amides is 2. The maximum absolute atomic E-state index is 12.9. The molecule has 32 heavy (non-hydrogen) atoms. The molecule has 0 bridgehead atoms. The van der Waals surface area contributed by atoms with Crippen LogP contribution in [-0.2, 0) is 9.59 Å². The number of nitro benzene ring substituents is 1. The zero-order valence-corrected chi connectivity index (χ0v) is 19.3. The summed E-state index contributed by atoms with van der Waals surface area (Å²) in [5.41, 5.74) is 0.347. The zero-order valence-electron chi connectivity index (χ0n) is 16.9. The summed E-state index contributed by atoms with van der Waals surface area (Å²) in [6.45, 7) is 0. The number of hydrogen-bond donors (Lipinski definition) is 3. The molecule has 0 aliphatic heterocycles. The normalized spacial score (nSPS) is 12.0. The lowest BCUT2D eigenvalue weighted by atomic mass is 10.1. The lowest BCUT2D eigenvalue weighted by Crippen LogP contribution is -2.44. The number of nitrogens with zero attached hydrogens (tertiary/aromatic N) is 1. The van der Waals surface area contributed by atoms with Crippen molar-refractivity contribution >= 4 is 57.2 Å².